The Morgan fingerprint density at radius 2 is 2.38 bits per heavy atom. The number of hydrogen-bond donors (Lipinski definition) is 2. The normalized spacial score (nSPS) is 10.8. The van der Waals surface area contributed by atoms with Gasteiger partial charge in [0, 0.05) is 18.0 Å². The second kappa shape index (κ2) is 3.34. The van der Waals surface area contributed by atoms with E-state index in [1.807, 2.05) is 31.3 Å². The van der Waals surface area contributed by atoms with E-state index in [0.717, 1.165) is 22.8 Å². The molecule has 0 fully saturated rings. The van der Waals surface area contributed by atoms with Crippen LogP contribution >= 0.6 is 0 Å². The molecular weight excluding hydrogens is 204 g/mol. The van der Waals surface area contributed by atoms with E-state index in [-0.39, 0.29) is 0 Å². The Kier molecular flexibility index (Phi) is 1.86. The summed E-state index contributed by atoms with van der Waals surface area (Å²) < 4.78 is 1.76. The van der Waals surface area contributed by atoms with Gasteiger partial charge in [-0.25, -0.2) is 9.50 Å². The van der Waals surface area contributed by atoms with Crippen LogP contribution in [-0.2, 0) is 0 Å². The Morgan fingerprint density at radius 3 is 3.19 bits per heavy atom. The van der Waals surface area contributed by atoms with Gasteiger partial charge in [-0.15, -0.1) is 0 Å². The lowest BCUT2D eigenvalue weighted by atomic mass is 10.4. The van der Waals surface area contributed by atoms with Crippen molar-refractivity contribution in [1.82, 2.24) is 24.8 Å². The van der Waals surface area contributed by atoms with Crippen molar-refractivity contribution in [2.24, 2.45) is 0 Å². The van der Waals surface area contributed by atoms with Crippen LogP contribution in [0.15, 0.2) is 30.7 Å². The Balaban J connectivity index is 2.03. The third kappa shape index (κ3) is 1.40. The number of aryl methyl sites for hydroxylation is 1. The van der Waals surface area contributed by atoms with Gasteiger partial charge in [-0.2, -0.15) is 10.2 Å². The van der Waals surface area contributed by atoms with E-state index in [1.165, 1.54) is 6.33 Å². The first-order valence-corrected chi connectivity index (χ1v) is 4.90. The van der Waals surface area contributed by atoms with Crippen molar-refractivity contribution in [3.05, 3.63) is 36.4 Å². The zero-order valence-corrected chi connectivity index (χ0v) is 8.68. The van der Waals surface area contributed by atoms with Crippen molar-refractivity contribution in [2.45, 2.75) is 6.92 Å². The van der Waals surface area contributed by atoms with E-state index in [9.17, 15) is 0 Å². The summed E-state index contributed by atoms with van der Waals surface area (Å²) in [7, 11) is 0. The summed E-state index contributed by atoms with van der Waals surface area (Å²) in [5.74, 6) is 1.49. The van der Waals surface area contributed by atoms with E-state index in [1.54, 1.807) is 4.52 Å². The van der Waals surface area contributed by atoms with Crippen molar-refractivity contribution in [2.75, 3.05) is 5.32 Å². The maximum atomic E-state index is 4.19. The van der Waals surface area contributed by atoms with Gasteiger partial charge in [0.2, 0.25) is 0 Å². The Labute approximate surface area is 91.3 Å². The number of nitrogens with zero attached hydrogens (tertiary/aromatic N) is 4. The van der Waals surface area contributed by atoms with Crippen LogP contribution in [0, 0.1) is 6.92 Å². The molecule has 6 heteroatoms. The summed E-state index contributed by atoms with van der Waals surface area (Å²) in [5, 5.41) is 14.2. The molecule has 0 aliphatic heterocycles. The van der Waals surface area contributed by atoms with Crippen LogP contribution in [0.4, 0.5) is 11.6 Å². The van der Waals surface area contributed by atoms with Crippen molar-refractivity contribution in [1.29, 1.82) is 0 Å². The van der Waals surface area contributed by atoms with Gasteiger partial charge >= 0.3 is 0 Å². The molecule has 3 aromatic rings. The van der Waals surface area contributed by atoms with E-state index >= 15 is 0 Å². The van der Waals surface area contributed by atoms with Crippen LogP contribution in [0.25, 0.3) is 5.52 Å². The first-order valence-electron chi connectivity index (χ1n) is 4.90. The summed E-state index contributed by atoms with van der Waals surface area (Å²) in [4.78, 5) is 4.19. The molecular formula is C10H10N6. The zero-order chi connectivity index (χ0) is 11.0. The van der Waals surface area contributed by atoms with E-state index in [2.05, 4.69) is 25.6 Å². The molecule has 6 nitrogen and oxygen atoms in total. The topological polar surface area (TPSA) is 70.9 Å². The van der Waals surface area contributed by atoms with Crippen LogP contribution < -0.4 is 5.32 Å². The molecule has 0 aliphatic carbocycles. The lowest BCUT2D eigenvalue weighted by molar-refractivity contribution is 0.905. The maximum absolute atomic E-state index is 4.19. The number of rotatable bonds is 2. The van der Waals surface area contributed by atoms with Crippen LogP contribution in [0.5, 0.6) is 0 Å². The smallest absolute Gasteiger partial charge is 0.159 e. The van der Waals surface area contributed by atoms with E-state index < -0.39 is 0 Å². The third-order valence-electron chi connectivity index (χ3n) is 2.29. The molecule has 0 saturated heterocycles. The number of nitrogens with one attached hydrogen (secondary N) is 2. The van der Waals surface area contributed by atoms with Crippen LogP contribution in [0.1, 0.15) is 5.69 Å². The molecule has 80 valence electrons. The lowest BCUT2D eigenvalue weighted by Crippen LogP contribution is -1.99. The lowest BCUT2D eigenvalue weighted by Gasteiger charge is -2.02. The molecule has 0 radical (unpaired) electrons. The highest BCUT2D eigenvalue weighted by atomic mass is 15.3. The second-order valence-electron chi connectivity index (χ2n) is 3.51. The number of anilines is 2. The predicted octanol–water partition coefficient (Wildman–Crippen LogP) is 1.50. The minimum absolute atomic E-state index is 0.742. The largest absolute Gasteiger partial charge is 0.322 e. The van der Waals surface area contributed by atoms with Crippen LogP contribution in [0.3, 0.4) is 0 Å². The molecule has 0 amide bonds. The van der Waals surface area contributed by atoms with Crippen LogP contribution in [0.2, 0.25) is 0 Å². The molecule has 2 N–H and O–H groups in total. The quantitative estimate of drug-likeness (QED) is 0.678. The second-order valence-corrected chi connectivity index (χ2v) is 3.51. The molecule has 0 saturated carbocycles. The zero-order valence-electron chi connectivity index (χ0n) is 8.68. The van der Waals surface area contributed by atoms with Gasteiger partial charge in [0.25, 0.3) is 0 Å². The Bertz CT molecular complexity index is 623. The Morgan fingerprint density at radius 1 is 1.44 bits per heavy atom. The molecule has 0 unspecified atom stereocenters. The van der Waals surface area contributed by atoms with Gasteiger partial charge in [0.1, 0.15) is 11.8 Å². The summed E-state index contributed by atoms with van der Waals surface area (Å²) >= 11 is 0. The van der Waals surface area contributed by atoms with Gasteiger partial charge in [0.05, 0.1) is 0 Å². The van der Waals surface area contributed by atoms with Gasteiger partial charge in [-0.3, -0.25) is 5.10 Å². The summed E-state index contributed by atoms with van der Waals surface area (Å²) in [6.07, 6.45) is 3.38. The summed E-state index contributed by atoms with van der Waals surface area (Å²) in [6.45, 7) is 1.95. The summed E-state index contributed by atoms with van der Waals surface area (Å²) in [5.41, 5.74) is 1.92. The van der Waals surface area contributed by atoms with Crippen LogP contribution in [-0.4, -0.2) is 24.8 Å². The SMILES string of the molecule is Cc1cc(Nc2ncnn3cccc23)n[nH]1. The molecule has 0 atom stereocenters. The van der Waals surface area contributed by atoms with Crippen molar-refractivity contribution in [3.63, 3.8) is 0 Å². The number of aromatic amines is 1. The van der Waals surface area contributed by atoms with Crippen molar-refractivity contribution >= 4 is 17.2 Å². The Hall–Kier alpha value is -2.37. The number of hydrogen-bond acceptors (Lipinski definition) is 4. The molecule has 0 bridgehead atoms. The highest BCUT2D eigenvalue weighted by Gasteiger charge is 2.04. The highest BCUT2D eigenvalue weighted by Crippen LogP contribution is 2.17. The highest BCUT2D eigenvalue weighted by molar-refractivity contribution is 5.71. The average molecular weight is 214 g/mol. The molecule has 0 aromatic carbocycles. The van der Waals surface area contributed by atoms with Crippen molar-refractivity contribution < 1.29 is 0 Å². The summed E-state index contributed by atoms with van der Waals surface area (Å²) in [6, 6.07) is 5.79. The molecule has 3 rings (SSSR count). The minimum Gasteiger partial charge on any atom is -0.322 e. The molecule has 3 aromatic heterocycles. The number of H-pyrrole nitrogens is 1. The van der Waals surface area contributed by atoms with Crippen molar-refractivity contribution in [3.8, 4) is 0 Å². The molecule has 16 heavy (non-hydrogen) atoms. The monoisotopic (exact) mass is 214 g/mol. The molecule has 0 spiro atoms. The number of aromatic nitrogens is 5. The van der Waals surface area contributed by atoms with Gasteiger partial charge in [-0.1, -0.05) is 0 Å². The minimum atomic E-state index is 0.742. The predicted molar refractivity (Wildman–Crippen MR) is 59.6 cm³/mol. The maximum Gasteiger partial charge on any atom is 0.159 e. The number of fused-ring (bicyclic) bond motifs is 1. The standard InChI is InChI=1S/C10H10N6/c1-7-5-9(15-14-7)13-10-8-3-2-4-16(8)12-6-11-10/h2-6H,1H3,(H2,11,12,13,14,15). The fourth-order valence-electron chi connectivity index (χ4n) is 1.57. The first kappa shape index (κ1) is 8.90. The van der Waals surface area contributed by atoms with Gasteiger partial charge in [-0.05, 0) is 19.1 Å². The van der Waals surface area contributed by atoms with E-state index in [4.69, 9.17) is 0 Å². The molecule has 0 aliphatic rings. The fourth-order valence-corrected chi connectivity index (χ4v) is 1.57. The average Bonchev–Trinajstić information content (AvgIpc) is 2.87. The van der Waals surface area contributed by atoms with Gasteiger partial charge in [0.15, 0.2) is 11.6 Å². The third-order valence-corrected chi connectivity index (χ3v) is 2.29. The van der Waals surface area contributed by atoms with E-state index in [0.29, 0.717) is 0 Å². The molecule has 3 heterocycles. The first-order chi connectivity index (χ1) is 7.83. The van der Waals surface area contributed by atoms with Gasteiger partial charge < -0.3 is 5.32 Å². The fraction of sp³-hybridized carbons (Fsp3) is 0.100.